The van der Waals surface area contributed by atoms with E-state index in [2.05, 4.69) is 5.32 Å². The second-order valence-electron chi connectivity index (χ2n) is 8.50. The predicted octanol–water partition coefficient (Wildman–Crippen LogP) is 5.44. The summed E-state index contributed by atoms with van der Waals surface area (Å²) in [6.45, 7) is 7.05. The molecule has 2 aromatic carbocycles. The van der Waals surface area contributed by atoms with Crippen LogP contribution in [0.25, 0.3) is 10.8 Å². The number of nitrogens with one attached hydrogen (secondary N) is 1. The third kappa shape index (κ3) is 4.71. The normalized spacial score (nSPS) is 14.3. The van der Waals surface area contributed by atoms with E-state index in [1.165, 1.54) is 11.3 Å². The SMILES string of the molecule is CCOC(=O)c1c(NC(=O)C2CCN(C(=O)c3cccc4ccccc34)CC2)sc(C)c1CC. The molecule has 1 aliphatic heterocycles. The number of benzene rings is 2. The largest absolute Gasteiger partial charge is 0.462 e. The number of esters is 1. The van der Waals surface area contributed by atoms with Gasteiger partial charge >= 0.3 is 5.97 Å². The molecule has 4 rings (SSSR count). The Bertz CT molecular complexity index is 1220. The quantitative estimate of drug-likeness (QED) is 0.479. The van der Waals surface area contributed by atoms with E-state index in [0.29, 0.717) is 48.5 Å². The van der Waals surface area contributed by atoms with Gasteiger partial charge in [-0.1, -0.05) is 43.3 Å². The van der Waals surface area contributed by atoms with Gasteiger partial charge in [-0.3, -0.25) is 9.59 Å². The fourth-order valence-corrected chi connectivity index (χ4v) is 5.79. The van der Waals surface area contributed by atoms with E-state index in [4.69, 9.17) is 4.74 Å². The zero-order valence-electron chi connectivity index (χ0n) is 19.8. The number of likely N-dealkylation sites (tertiary alicyclic amines) is 1. The molecule has 34 heavy (non-hydrogen) atoms. The van der Waals surface area contributed by atoms with Gasteiger partial charge in [-0.05, 0) is 55.5 Å². The van der Waals surface area contributed by atoms with E-state index in [1.807, 2.05) is 61.2 Å². The Kier molecular flexibility index (Phi) is 7.32. The molecule has 0 unspecified atom stereocenters. The van der Waals surface area contributed by atoms with E-state index >= 15 is 0 Å². The van der Waals surface area contributed by atoms with E-state index in [9.17, 15) is 14.4 Å². The number of carbonyl (C=O) groups is 3. The summed E-state index contributed by atoms with van der Waals surface area (Å²) in [5.41, 5.74) is 2.10. The first-order chi connectivity index (χ1) is 16.4. The standard InChI is InChI=1S/C27H30N2O4S/c1-4-20-17(3)34-25(23(20)27(32)33-5-2)28-24(30)19-13-15-29(16-14-19)26(31)22-12-8-10-18-9-6-7-11-21(18)22/h6-12,19H,4-5,13-16H2,1-3H3,(H,28,30). The Morgan fingerprint density at radius 3 is 2.47 bits per heavy atom. The van der Waals surface area contributed by atoms with Crippen LogP contribution in [0.2, 0.25) is 0 Å². The molecule has 1 aromatic heterocycles. The second-order valence-corrected chi connectivity index (χ2v) is 9.72. The zero-order valence-corrected chi connectivity index (χ0v) is 20.7. The number of nitrogens with zero attached hydrogens (tertiary/aromatic N) is 1. The Morgan fingerprint density at radius 1 is 1.06 bits per heavy atom. The fraction of sp³-hybridized carbons (Fsp3) is 0.370. The molecule has 178 valence electrons. The van der Waals surface area contributed by atoms with Crippen LogP contribution in [0.1, 0.15) is 57.8 Å². The van der Waals surface area contributed by atoms with Gasteiger partial charge in [0, 0.05) is 29.4 Å². The van der Waals surface area contributed by atoms with Crippen molar-refractivity contribution in [3.8, 4) is 0 Å². The highest BCUT2D eigenvalue weighted by Crippen LogP contribution is 2.35. The summed E-state index contributed by atoms with van der Waals surface area (Å²) in [6, 6.07) is 13.7. The average molecular weight is 479 g/mol. The summed E-state index contributed by atoms with van der Waals surface area (Å²) >= 11 is 1.42. The van der Waals surface area contributed by atoms with Crippen molar-refractivity contribution in [3.63, 3.8) is 0 Å². The van der Waals surface area contributed by atoms with Gasteiger partial charge in [0.25, 0.3) is 5.91 Å². The molecule has 0 spiro atoms. The van der Waals surface area contributed by atoms with Crippen LogP contribution in [-0.2, 0) is 16.0 Å². The van der Waals surface area contributed by atoms with Gasteiger partial charge in [0.15, 0.2) is 0 Å². The van der Waals surface area contributed by atoms with Crippen molar-refractivity contribution in [1.82, 2.24) is 4.90 Å². The van der Waals surface area contributed by atoms with Crippen LogP contribution in [0, 0.1) is 12.8 Å². The minimum absolute atomic E-state index is 0.00160. The van der Waals surface area contributed by atoms with E-state index in [-0.39, 0.29) is 24.3 Å². The van der Waals surface area contributed by atoms with Gasteiger partial charge in [0.1, 0.15) is 5.00 Å². The highest BCUT2D eigenvalue weighted by Gasteiger charge is 2.30. The maximum absolute atomic E-state index is 13.2. The Hall–Kier alpha value is -3.19. The molecule has 2 heterocycles. The molecule has 0 saturated carbocycles. The lowest BCUT2D eigenvalue weighted by Gasteiger charge is -2.31. The van der Waals surface area contributed by atoms with Crippen LogP contribution in [-0.4, -0.2) is 42.4 Å². The molecule has 6 nitrogen and oxygen atoms in total. The minimum atomic E-state index is -0.394. The van der Waals surface area contributed by atoms with Crippen molar-refractivity contribution in [3.05, 3.63) is 64.0 Å². The third-order valence-electron chi connectivity index (χ3n) is 6.45. The monoisotopic (exact) mass is 478 g/mol. The predicted molar refractivity (Wildman–Crippen MR) is 136 cm³/mol. The Balaban J connectivity index is 1.43. The van der Waals surface area contributed by atoms with Gasteiger partial charge in [0.05, 0.1) is 12.2 Å². The van der Waals surface area contributed by atoms with Crippen LogP contribution in [0.5, 0.6) is 0 Å². The molecule has 0 bridgehead atoms. The molecule has 0 atom stereocenters. The number of carbonyl (C=O) groups excluding carboxylic acids is 3. The molecule has 1 saturated heterocycles. The molecule has 2 amide bonds. The van der Waals surface area contributed by atoms with Crippen molar-refractivity contribution in [2.24, 2.45) is 5.92 Å². The summed E-state index contributed by atoms with van der Waals surface area (Å²) in [4.78, 5) is 41.7. The van der Waals surface area contributed by atoms with Crippen LogP contribution >= 0.6 is 11.3 Å². The third-order valence-corrected chi connectivity index (χ3v) is 7.51. The van der Waals surface area contributed by atoms with Gasteiger partial charge in [0.2, 0.25) is 5.91 Å². The van der Waals surface area contributed by atoms with Gasteiger partial charge in [-0.2, -0.15) is 0 Å². The van der Waals surface area contributed by atoms with Crippen molar-refractivity contribution < 1.29 is 19.1 Å². The van der Waals surface area contributed by atoms with Gasteiger partial charge in [-0.25, -0.2) is 4.79 Å². The molecular weight excluding hydrogens is 448 g/mol. The smallest absolute Gasteiger partial charge is 0.341 e. The van der Waals surface area contributed by atoms with Crippen LogP contribution < -0.4 is 5.32 Å². The highest BCUT2D eigenvalue weighted by molar-refractivity contribution is 7.16. The van der Waals surface area contributed by atoms with Gasteiger partial charge in [-0.15, -0.1) is 11.3 Å². The maximum Gasteiger partial charge on any atom is 0.341 e. The lowest BCUT2D eigenvalue weighted by atomic mass is 9.94. The molecular formula is C27H30N2O4S. The topological polar surface area (TPSA) is 75.7 Å². The molecule has 7 heteroatoms. The summed E-state index contributed by atoms with van der Waals surface area (Å²) in [5, 5.41) is 5.54. The number of ether oxygens (including phenoxy) is 1. The van der Waals surface area contributed by atoms with Crippen LogP contribution in [0.4, 0.5) is 5.00 Å². The fourth-order valence-electron chi connectivity index (χ4n) is 4.65. The number of amides is 2. The Morgan fingerprint density at radius 2 is 1.76 bits per heavy atom. The number of thiophene rings is 1. The first-order valence-electron chi connectivity index (χ1n) is 11.8. The zero-order chi connectivity index (χ0) is 24.2. The van der Waals surface area contributed by atoms with E-state index in [1.54, 1.807) is 6.92 Å². The van der Waals surface area contributed by atoms with Crippen molar-refractivity contribution >= 4 is 44.9 Å². The van der Waals surface area contributed by atoms with E-state index in [0.717, 1.165) is 21.2 Å². The molecule has 0 aliphatic carbocycles. The van der Waals surface area contributed by atoms with Crippen LogP contribution in [0.15, 0.2) is 42.5 Å². The minimum Gasteiger partial charge on any atom is -0.462 e. The van der Waals surface area contributed by atoms with Crippen molar-refractivity contribution in [1.29, 1.82) is 0 Å². The molecule has 1 aliphatic rings. The lowest BCUT2D eigenvalue weighted by Crippen LogP contribution is -2.41. The number of fused-ring (bicyclic) bond motifs is 1. The van der Waals surface area contributed by atoms with Gasteiger partial charge < -0.3 is 15.0 Å². The second kappa shape index (κ2) is 10.4. The summed E-state index contributed by atoms with van der Waals surface area (Å²) in [7, 11) is 0. The molecule has 1 fully saturated rings. The number of hydrogen-bond donors (Lipinski definition) is 1. The number of rotatable bonds is 6. The summed E-state index contributed by atoms with van der Waals surface area (Å²) < 4.78 is 5.24. The maximum atomic E-state index is 13.2. The average Bonchev–Trinajstić information content (AvgIpc) is 3.18. The van der Waals surface area contributed by atoms with Crippen molar-refractivity contribution in [2.45, 2.75) is 40.0 Å². The number of anilines is 1. The first kappa shape index (κ1) is 24.0. The highest BCUT2D eigenvalue weighted by atomic mass is 32.1. The van der Waals surface area contributed by atoms with Crippen LogP contribution in [0.3, 0.4) is 0 Å². The number of hydrogen-bond acceptors (Lipinski definition) is 5. The molecule has 1 N–H and O–H groups in total. The van der Waals surface area contributed by atoms with Crippen molar-refractivity contribution in [2.75, 3.05) is 25.0 Å². The molecule has 3 aromatic rings. The summed E-state index contributed by atoms with van der Waals surface area (Å²) in [6.07, 6.45) is 1.87. The Labute approximate surface area is 203 Å². The van der Waals surface area contributed by atoms with E-state index < -0.39 is 5.97 Å². The molecule has 0 radical (unpaired) electrons. The number of aryl methyl sites for hydroxylation is 1. The first-order valence-corrected chi connectivity index (χ1v) is 12.6. The summed E-state index contributed by atoms with van der Waals surface area (Å²) in [5.74, 6) is -0.706. The lowest BCUT2D eigenvalue weighted by molar-refractivity contribution is -0.121. The number of piperidine rings is 1.